The summed E-state index contributed by atoms with van der Waals surface area (Å²) in [6.45, 7) is 0. The molecule has 0 atom stereocenters. The standard InChI is InChI=1S/C16H20N4O/c21-16(8-7-13-4-3-10-17-12-13)19-15-9-11-18-20(15)14-5-1-2-6-14/h3-4,9-12,14H,1-2,5-8H2,(H,19,21). The molecular weight excluding hydrogens is 264 g/mol. The van der Waals surface area contributed by atoms with Crippen molar-refractivity contribution in [3.8, 4) is 0 Å². The Balaban J connectivity index is 1.56. The summed E-state index contributed by atoms with van der Waals surface area (Å²) in [5, 5.41) is 7.34. The van der Waals surface area contributed by atoms with Crippen LogP contribution in [0.15, 0.2) is 36.8 Å². The van der Waals surface area contributed by atoms with Crippen molar-refractivity contribution in [1.29, 1.82) is 0 Å². The van der Waals surface area contributed by atoms with Crippen LogP contribution >= 0.6 is 0 Å². The lowest BCUT2D eigenvalue weighted by atomic mass is 10.1. The number of rotatable bonds is 5. The molecular formula is C16H20N4O. The summed E-state index contributed by atoms with van der Waals surface area (Å²) < 4.78 is 1.97. The summed E-state index contributed by atoms with van der Waals surface area (Å²) in [7, 11) is 0. The first kappa shape index (κ1) is 13.8. The molecule has 1 saturated carbocycles. The van der Waals surface area contributed by atoms with Crippen molar-refractivity contribution in [2.75, 3.05) is 5.32 Å². The van der Waals surface area contributed by atoms with Crippen LogP contribution in [0.5, 0.6) is 0 Å². The molecule has 1 aliphatic carbocycles. The predicted molar refractivity (Wildman–Crippen MR) is 80.9 cm³/mol. The van der Waals surface area contributed by atoms with Crippen molar-refractivity contribution < 1.29 is 4.79 Å². The summed E-state index contributed by atoms with van der Waals surface area (Å²) in [5.41, 5.74) is 1.08. The van der Waals surface area contributed by atoms with E-state index in [0.29, 0.717) is 18.9 Å². The zero-order valence-corrected chi connectivity index (χ0v) is 12.0. The zero-order chi connectivity index (χ0) is 14.5. The van der Waals surface area contributed by atoms with Crippen LogP contribution in [0.4, 0.5) is 5.82 Å². The number of hydrogen-bond acceptors (Lipinski definition) is 3. The third-order valence-electron chi connectivity index (χ3n) is 3.97. The number of amides is 1. The van der Waals surface area contributed by atoms with Crippen molar-refractivity contribution in [2.24, 2.45) is 0 Å². The van der Waals surface area contributed by atoms with Crippen molar-refractivity contribution in [3.63, 3.8) is 0 Å². The number of nitrogens with zero attached hydrogens (tertiary/aromatic N) is 3. The third-order valence-corrected chi connectivity index (χ3v) is 3.97. The Kier molecular flexibility index (Phi) is 4.28. The van der Waals surface area contributed by atoms with Gasteiger partial charge in [-0.25, -0.2) is 4.68 Å². The lowest BCUT2D eigenvalue weighted by Crippen LogP contribution is -2.18. The van der Waals surface area contributed by atoms with Crippen LogP contribution in [-0.2, 0) is 11.2 Å². The van der Waals surface area contributed by atoms with Gasteiger partial charge in [0.05, 0.1) is 12.2 Å². The minimum absolute atomic E-state index is 0.0265. The average Bonchev–Trinajstić information content (AvgIpc) is 3.17. The number of carbonyl (C=O) groups is 1. The highest BCUT2D eigenvalue weighted by Crippen LogP contribution is 2.31. The van der Waals surface area contributed by atoms with Crippen LogP contribution in [0.2, 0.25) is 0 Å². The maximum atomic E-state index is 12.1. The van der Waals surface area contributed by atoms with Crippen LogP contribution < -0.4 is 5.32 Å². The molecule has 5 heteroatoms. The Hall–Kier alpha value is -2.17. The molecule has 5 nitrogen and oxygen atoms in total. The molecule has 0 spiro atoms. The first-order valence-corrected chi connectivity index (χ1v) is 7.55. The molecule has 1 aliphatic rings. The number of carbonyl (C=O) groups excluding carboxylic acids is 1. The van der Waals surface area contributed by atoms with Crippen molar-refractivity contribution >= 4 is 11.7 Å². The Bertz CT molecular complexity index is 587. The minimum atomic E-state index is 0.0265. The molecule has 0 radical (unpaired) electrons. The summed E-state index contributed by atoms with van der Waals surface area (Å²) in [6, 6.07) is 6.19. The normalized spacial score (nSPS) is 15.2. The van der Waals surface area contributed by atoms with Crippen molar-refractivity contribution in [2.45, 2.75) is 44.6 Å². The van der Waals surface area contributed by atoms with E-state index in [1.807, 2.05) is 22.9 Å². The second-order valence-corrected chi connectivity index (χ2v) is 5.51. The van der Waals surface area contributed by atoms with Gasteiger partial charge in [0.25, 0.3) is 0 Å². The van der Waals surface area contributed by atoms with Gasteiger partial charge in [0, 0.05) is 24.9 Å². The quantitative estimate of drug-likeness (QED) is 0.918. The zero-order valence-electron chi connectivity index (χ0n) is 12.0. The molecule has 3 rings (SSSR count). The van der Waals surface area contributed by atoms with E-state index >= 15 is 0 Å². The van der Waals surface area contributed by atoms with Gasteiger partial charge in [-0.15, -0.1) is 0 Å². The van der Waals surface area contributed by atoms with E-state index in [4.69, 9.17) is 0 Å². The summed E-state index contributed by atoms with van der Waals surface area (Å²) >= 11 is 0. The first-order valence-electron chi connectivity index (χ1n) is 7.55. The average molecular weight is 284 g/mol. The van der Waals surface area contributed by atoms with E-state index in [-0.39, 0.29) is 5.91 Å². The molecule has 0 aliphatic heterocycles. The topological polar surface area (TPSA) is 59.8 Å². The molecule has 0 unspecified atom stereocenters. The Morgan fingerprint density at radius 2 is 2.14 bits per heavy atom. The second kappa shape index (κ2) is 6.52. The molecule has 0 saturated heterocycles. The number of aryl methyl sites for hydroxylation is 1. The van der Waals surface area contributed by atoms with E-state index < -0.39 is 0 Å². The fraction of sp³-hybridized carbons (Fsp3) is 0.438. The lowest BCUT2D eigenvalue weighted by molar-refractivity contribution is -0.116. The van der Waals surface area contributed by atoms with Gasteiger partial charge in [0.2, 0.25) is 5.91 Å². The summed E-state index contributed by atoms with van der Waals surface area (Å²) in [5.74, 6) is 0.844. The molecule has 1 amide bonds. The number of pyridine rings is 1. The largest absolute Gasteiger partial charge is 0.311 e. The number of nitrogens with one attached hydrogen (secondary N) is 1. The van der Waals surface area contributed by atoms with Crippen molar-refractivity contribution in [3.05, 3.63) is 42.4 Å². The van der Waals surface area contributed by atoms with Gasteiger partial charge < -0.3 is 5.32 Å². The highest BCUT2D eigenvalue weighted by molar-refractivity contribution is 5.89. The first-order chi connectivity index (χ1) is 10.3. The number of aromatic nitrogens is 3. The predicted octanol–water partition coefficient (Wildman–Crippen LogP) is 2.96. The van der Waals surface area contributed by atoms with Crippen LogP contribution in [0.3, 0.4) is 0 Å². The molecule has 2 aromatic heterocycles. The third kappa shape index (κ3) is 3.48. The van der Waals surface area contributed by atoms with Gasteiger partial charge in [-0.2, -0.15) is 5.10 Å². The monoisotopic (exact) mass is 284 g/mol. The molecule has 110 valence electrons. The molecule has 21 heavy (non-hydrogen) atoms. The van der Waals surface area contributed by atoms with Crippen LogP contribution in [0.25, 0.3) is 0 Å². The SMILES string of the molecule is O=C(CCc1cccnc1)Nc1ccnn1C1CCCC1. The van der Waals surface area contributed by atoms with Gasteiger partial charge in [0.1, 0.15) is 5.82 Å². The van der Waals surface area contributed by atoms with E-state index in [1.54, 1.807) is 18.6 Å². The van der Waals surface area contributed by atoms with Crippen LogP contribution in [0.1, 0.15) is 43.7 Å². The van der Waals surface area contributed by atoms with E-state index in [1.165, 1.54) is 12.8 Å². The van der Waals surface area contributed by atoms with Crippen molar-refractivity contribution in [1.82, 2.24) is 14.8 Å². The molecule has 2 heterocycles. The minimum Gasteiger partial charge on any atom is -0.311 e. The fourth-order valence-electron chi connectivity index (χ4n) is 2.86. The number of anilines is 1. The Morgan fingerprint density at radius 1 is 1.29 bits per heavy atom. The second-order valence-electron chi connectivity index (χ2n) is 5.51. The highest BCUT2D eigenvalue weighted by Gasteiger charge is 2.20. The molecule has 1 N–H and O–H groups in total. The lowest BCUT2D eigenvalue weighted by Gasteiger charge is -2.14. The van der Waals surface area contributed by atoms with Gasteiger partial charge in [-0.3, -0.25) is 9.78 Å². The maximum absolute atomic E-state index is 12.1. The van der Waals surface area contributed by atoms with Gasteiger partial charge in [-0.1, -0.05) is 18.9 Å². The van der Waals surface area contributed by atoms with Crippen LogP contribution in [-0.4, -0.2) is 20.7 Å². The number of hydrogen-bond donors (Lipinski definition) is 1. The van der Waals surface area contributed by atoms with Gasteiger partial charge in [0.15, 0.2) is 0 Å². The molecule has 0 aromatic carbocycles. The fourth-order valence-corrected chi connectivity index (χ4v) is 2.86. The van der Waals surface area contributed by atoms with Crippen LogP contribution in [0, 0.1) is 0 Å². The van der Waals surface area contributed by atoms with Gasteiger partial charge >= 0.3 is 0 Å². The Morgan fingerprint density at radius 3 is 2.90 bits per heavy atom. The smallest absolute Gasteiger partial charge is 0.225 e. The van der Waals surface area contributed by atoms with E-state index in [0.717, 1.165) is 24.2 Å². The maximum Gasteiger partial charge on any atom is 0.225 e. The molecule has 0 bridgehead atoms. The summed E-state index contributed by atoms with van der Waals surface area (Å²) in [4.78, 5) is 16.1. The van der Waals surface area contributed by atoms with Gasteiger partial charge in [-0.05, 0) is 30.9 Å². The highest BCUT2D eigenvalue weighted by atomic mass is 16.1. The molecule has 2 aromatic rings. The molecule has 1 fully saturated rings. The Labute approximate surface area is 124 Å². The summed E-state index contributed by atoms with van der Waals surface area (Å²) in [6.07, 6.45) is 11.3. The van der Waals surface area contributed by atoms with E-state index in [2.05, 4.69) is 15.4 Å². The van der Waals surface area contributed by atoms with E-state index in [9.17, 15) is 4.79 Å².